The molecule has 2 rings (SSSR count). The molecule has 1 aliphatic carbocycles. The Morgan fingerprint density at radius 3 is 2.80 bits per heavy atom. The summed E-state index contributed by atoms with van der Waals surface area (Å²) in [4.78, 5) is 0.463. The summed E-state index contributed by atoms with van der Waals surface area (Å²) in [5, 5.41) is 3.40. The summed E-state index contributed by atoms with van der Waals surface area (Å²) in [6.45, 7) is 1.02. The summed E-state index contributed by atoms with van der Waals surface area (Å²) in [5.41, 5.74) is 7.66. The Morgan fingerprint density at radius 1 is 1.40 bits per heavy atom. The van der Waals surface area contributed by atoms with Crippen LogP contribution in [0.1, 0.15) is 24.8 Å². The summed E-state index contributed by atoms with van der Waals surface area (Å²) in [6, 6.07) is 7.95. The number of hydrogen-bond acceptors (Lipinski definition) is 2. The fourth-order valence-corrected chi connectivity index (χ4v) is 1.85. The molecule has 0 aliphatic heterocycles. The largest absolute Gasteiger partial charge is 0.389 e. The van der Waals surface area contributed by atoms with Gasteiger partial charge in [0.2, 0.25) is 0 Å². The third-order valence-electron chi connectivity index (χ3n) is 2.76. The molecule has 3 heteroatoms. The fraction of sp³-hybridized carbons (Fsp3) is 0.417. The van der Waals surface area contributed by atoms with Crippen molar-refractivity contribution in [3.8, 4) is 0 Å². The van der Waals surface area contributed by atoms with Crippen LogP contribution in [0, 0.1) is 5.92 Å². The molecule has 1 saturated carbocycles. The maximum Gasteiger partial charge on any atom is 0.106 e. The quantitative estimate of drug-likeness (QED) is 0.749. The predicted octanol–water partition coefficient (Wildman–Crippen LogP) is 2.53. The van der Waals surface area contributed by atoms with Crippen LogP contribution >= 0.6 is 12.2 Å². The monoisotopic (exact) mass is 220 g/mol. The van der Waals surface area contributed by atoms with Crippen molar-refractivity contribution >= 4 is 22.9 Å². The van der Waals surface area contributed by atoms with Gasteiger partial charge < -0.3 is 11.1 Å². The zero-order valence-electron chi connectivity index (χ0n) is 8.70. The lowest BCUT2D eigenvalue weighted by Crippen LogP contribution is -2.13. The molecule has 0 aromatic heterocycles. The van der Waals surface area contributed by atoms with Crippen LogP contribution in [0.25, 0.3) is 0 Å². The van der Waals surface area contributed by atoms with Gasteiger partial charge >= 0.3 is 0 Å². The maximum absolute atomic E-state index is 5.65. The van der Waals surface area contributed by atoms with E-state index in [9.17, 15) is 0 Å². The Hall–Kier alpha value is -1.09. The van der Waals surface area contributed by atoms with Crippen LogP contribution in [-0.4, -0.2) is 11.5 Å². The summed E-state index contributed by atoms with van der Waals surface area (Å²) in [7, 11) is 0. The standard InChI is InChI=1S/C12H16N2S/c13-12(15)10-3-1-2-4-11(10)14-8-7-9-5-6-9/h1-4,9,14H,5-8H2,(H2,13,15). The second-order valence-corrected chi connectivity index (χ2v) is 4.51. The number of para-hydroxylation sites is 1. The van der Waals surface area contributed by atoms with E-state index in [0.717, 1.165) is 23.7 Å². The average molecular weight is 220 g/mol. The molecule has 80 valence electrons. The van der Waals surface area contributed by atoms with Crippen molar-refractivity contribution in [3.63, 3.8) is 0 Å². The van der Waals surface area contributed by atoms with Crippen LogP contribution in [0.15, 0.2) is 24.3 Å². The van der Waals surface area contributed by atoms with Gasteiger partial charge in [-0.05, 0) is 24.5 Å². The van der Waals surface area contributed by atoms with E-state index in [1.807, 2.05) is 24.3 Å². The van der Waals surface area contributed by atoms with Crippen LogP contribution in [0.2, 0.25) is 0 Å². The van der Waals surface area contributed by atoms with Gasteiger partial charge in [-0.3, -0.25) is 0 Å². The molecule has 1 aromatic rings. The summed E-state index contributed by atoms with van der Waals surface area (Å²) < 4.78 is 0. The zero-order chi connectivity index (χ0) is 10.7. The van der Waals surface area contributed by atoms with Crippen molar-refractivity contribution < 1.29 is 0 Å². The number of hydrogen-bond donors (Lipinski definition) is 2. The molecule has 0 atom stereocenters. The van der Waals surface area contributed by atoms with E-state index >= 15 is 0 Å². The highest BCUT2D eigenvalue weighted by molar-refractivity contribution is 7.80. The normalized spacial score (nSPS) is 14.9. The molecule has 0 radical (unpaired) electrons. The van der Waals surface area contributed by atoms with Crippen molar-refractivity contribution in [1.82, 2.24) is 0 Å². The smallest absolute Gasteiger partial charge is 0.106 e. The Labute approximate surface area is 95.9 Å². The van der Waals surface area contributed by atoms with Gasteiger partial charge in [-0.1, -0.05) is 37.2 Å². The Bertz CT molecular complexity index is 358. The highest BCUT2D eigenvalue weighted by atomic mass is 32.1. The van der Waals surface area contributed by atoms with Gasteiger partial charge in [-0.2, -0.15) is 0 Å². The molecule has 0 saturated heterocycles. The second-order valence-electron chi connectivity index (χ2n) is 4.07. The lowest BCUT2D eigenvalue weighted by Gasteiger charge is -2.10. The molecule has 2 nitrogen and oxygen atoms in total. The topological polar surface area (TPSA) is 38.0 Å². The number of nitrogens with two attached hydrogens (primary N) is 1. The van der Waals surface area contributed by atoms with Crippen molar-refractivity contribution in [2.45, 2.75) is 19.3 Å². The van der Waals surface area contributed by atoms with Gasteiger partial charge in [0, 0.05) is 17.8 Å². The molecular weight excluding hydrogens is 204 g/mol. The minimum atomic E-state index is 0.463. The SMILES string of the molecule is NC(=S)c1ccccc1NCCC1CC1. The number of rotatable bonds is 5. The number of nitrogens with one attached hydrogen (secondary N) is 1. The highest BCUT2D eigenvalue weighted by Gasteiger charge is 2.20. The van der Waals surface area contributed by atoms with Gasteiger partial charge in [0.25, 0.3) is 0 Å². The highest BCUT2D eigenvalue weighted by Crippen LogP contribution is 2.32. The van der Waals surface area contributed by atoms with Crippen LogP contribution < -0.4 is 11.1 Å². The molecule has 3 N–H and O–H groups in total. The molecule has 15 heavy (non-hydrogen) atoms. The van der Waals surface area contributed by atoms with E-state index in [0.29, 0.717) is 4.99 Å². The van der Waals surface area contributed by atoms with Gasteiger partial charge in [0.05, 0.1) is 0 Å². The molecule has 0 bridgehead atoms. The minimum absolute atomic E-state index is 0.463. The molecule has 0 unspecified atom stereocenters. The third-order valence-corrected chi connectivity index (χ3v) is 2.98. The summed E-state index contributed by atoms with van der Waals surface area (Å²) >= 11 is 5.00. The van der Waals surface area contributed by atoms with Gasteiger partial charge in [0.1, 0.15) is 4.99 Å². The van der Waals surface area contributed by atoms with Gasteiger partial charge in [0.15, 0.2) is 0 Å². The predicted molar refractivity (Wildman–Crippen MR) is 68.2 cm³/mol. The number of thiocarbonyl (C=S) groups is 1. The van der Waals surface area contributed by atoms with Crippen LogP contribution in [0.4, 0.5) is 5.69 Å². The molecule has 1 aliphatic rings. The molecule has 1 fully saturated rings. The third kappa shape index (κ3) is 2.93. The molecule has 0 amide bonds. The van der Waals surface area contributed by atoms with Crippen molar-refractivity contribution in [1.29, 1.82) is 0 Å². The van der Waals surface area contributed by atoms with E-state index in [1.165, 1.54) is 19.3 Å². The van der Waals surface area contributed by atoms with Crippen molar-refractivity contribution in [2.75, 3.05) is 11.9 Å². The molecule has 0 heterocycles. The Kier molecular flexibility index (Phi) is 3.21. The molecule has 0 spiro atoms. The summed E-state index contributed by atoms with van der Waals surface area (Å²) in [5.74, 6) is 0.953. The van der Waals surface area contributed by atoms with E-state index in [1.54, 1.807) is 0 Å². The number of anilines is 1. The Balaban J connectivity index is 1.95. The van der Waals surface area contributed by atoms with Gasteiger partial charge in [-0.25, -0.2) is 0 Å². The fourth-order valence-electron chi connectivity index (χ4n) is 1.67. The van der Waals surface area contributed by atoms with E-state index in [4.69, 9.17) is 18.0 Å². The first-order valence-electron chi connectivity index (χ1n) is 5.40. The van der Waals surface area contributed by atoms with Crippen molar-refractivity contribution in [2.24, 2.45) is 11.7 Å². The van der Waals surface area contributed by atoms with E-state index in [2.05, 4.69) is 5.32 Å². The average Bonchev–Trinajstić information content (AvgIpc) is 3.02. The molecular formula is C12H16N2S. The lowest BCUT2D eigenvalue weighted by molar-refractivity contribution is 0.760. The van der Waals surface area contributed by atoms with Crippen molar-refractivity contribution in [3.05, 3.63) is 29.8 Å². The number of benzene rings is 1. The van der Waals surface area contributed by atoms with E-state index in [-0.39, 0.29) is 0 Å². The van der Waals surface area contributed by atoms with Crippen LogP contribution in [-0.2, 0) is 0 Å². The first-order valence-corrected chi connectivity index (χ1v) is 5.81. The van der Waals surface area contributed by atoms with E-state index < -0.39 is 0 Å². The first kappa shape index (κ1) is 10.4. The lowest BCUT2D eigenvalue weighted by atomic mass is 10.1. The van der Waals surface area contributed by atoms with Crippen LogP contribution in [0.5, 0.6) is 0 Å². The van der Waals surface area contributed by atoms with Crippen LogP contribution in [0.3, 0.4) is 0 Å². The summed E-state index contributed by atoms with van der Waals surface area (Å²) in [6.07, 6.45) is 4.06. The zero-order valence-corrected chi connectivity index (χ0v) is 9.52. The first-order chi connectivity index (χ1) is 7.27. The van der Waals surface area contributed by atoms with Gasteiger partial charge in [-0.15, -0.1) is 0 Å². The Morgan fingerprint density at radius 2 is 2.13 bits per heavy atom. The minimum Gasteiger partial charge on any atom is -0.389 e. The second kappa shape index (κ2) is 4.62. The maximum atomic E-state index is 5.65. The molecule has 1 aromatic carbocycles.